The summed E-state index contributed by atoms with van der Waals surface area (Å²) in [4.78, 5) is 26.1. The van der Waals surface area contributed by atoms with E-state index in [0.717, 1.165) is 34.7 Å². The third-order valence-electron chi connectivity index (χ3n) is 6.57. The van der Waals surface area contributed by atoms with Crippen LogP contribution < -0.4 is 4.90 Å². The van der Waals surface area contributed by atoms with Crippen LogP contribution in [0.25, 0.3) is 16.8 Å². The molecule has 0 N–H and O–H groups in total. The van der Waals surface area contributed by atoms with Crippen LogP contribution in [0.5, 0.6) is 0 Å². The minimum atomic E-state index is -0.486. The Kier molecular flexibility index (Phi) is 5.65. The van der Waals surface area contributed by atoms with E-state index in [4.69, 9.17) is 14.5 Å². The monoisotopic (exact) mass is 450 g/mol. The third-order valence-corrected chi connectivity index (χ3v) is 6.57. The lowest BCUT2D eigenvalue weighted by Gasteiger charge is -2.40. The summed E-state index contributed by atoms with van der Waals surface area (Å²) in [6, 6.07) is 6.03. The molecule has 1 amide bonds. The highest BCUT2D eigenvalue weighted by Crippen LogP contribution is 2.32. The molecule has 0 spiro atoms. The first kappa shape index (κ1) is 21.6. The fourth-order valence-electron chi connectivity index (χ4n) is 4.30. The number of aromatic nitrogens is 4. The first-order valence-electron chi connectivity index (χ1n) is 11.6. The predicted molar refractivity (Wildman–Crippen MR) is 124 cm³/mol. The SMILES string of the molecule is CCC(C)c1ncccc1-c1cnn2ccc(N3CCN(C(=O)OC4(C)COC4)CC3)nc12. The number of rotatable bonds is 5. The number of hydrogen-bond acceptors (Lipinski definition) is 7. The number of carbonyl (C=O) groups is 1. The lowest BCUT2D eigenvalue weighted by atomic mass is 9.96. The summed E-state index contributed by atoms with van der Waals surface area (Å²) in [7, 11) is 0. The van der Waals surface area contributed by atoms with Gasteiger partial charge in [-0.2, -0.15) is 5.10 Å². The zero-order chi connectivity index (χ0) is 23.0. The third kappa shape index (κ3) is 4.13. The standard InChI is InChI=1S/C24H30N6O3/c1-4-17(2)21-18(6-5-8-25-21)19-14-26-30-9-7-20(27-22(19)30)28-10-12-29(13-11-28)23(31)33-24(3)15-32-16-24/h5-9,14,17H,4,10-13,15-16H2,1-3H3. The molecule has 3 aromatic rings. The van der Waals surface area contributed by atoms with Gasteiger partial charge in [-0.25, -0.2) is 14.3 Å². The van der Waals surface area contributed by atoms with Gasteiger partial charge in [-0.15, -0.1) is 0 Å². The molecule has 1 unspecified atom stereocenters. The van der Waals surface area contributed by atoms with Gasteiger partial charge in [0.1, 0.15) is 5.82 Å². The van der Waals surface area contributed by atoms with Crippen LogP contribution in [-0.4, -0.2) is 75.6 Å². The predicted octanol–water partition coefficient (Wildman–Crippen LogP) is 3.35. The van der Waals surface area contributed by atoms with E-state index in [1.165, 1.54) is 0 Å². The zero-order valence-corrected chi connectivity index (χ0v) is 19.4. The minimum Gasteiger partial charge on any atom is -0.438 e. The van der Waals surface area contributed by atoms with Gasteiger partial charge in [-0.05, 0) is 31.4 Å². The molecule has 2 aliphatic heterocycles. The summed E-state index contributed by atoms with van der Waals surface area (Å²) in [5, 5.41) is 4.52. The van der Waals surface area contributed by atoms with Crippen LogP contribution in [0, 0.1) is 0 Å². The van der Waals surface area contributed by atoms with E-state index < -0.39 is 5.60 Å². The van der Waals surface area contributed by atoms with Crippen LogP contribution in [0.3, 0.4) is 0 Å². The van der Waals surface area contributed by atoms with Crippen molar-refractivity contribution in [1.29, 1.82) is 0 Å². The van der Waals surface area contributed by atoms with E-state index in [2.05, 4.69) is 34.9 Å². The molecule has 5 heterocycles. The number of anilines is 1. The number of ether oxygens (including phenoxy) is 2. The molecule has 0 aliphatic carbocycles. The van der Waals surface area contributed by atoms with Gasteiger partial charge in [0.15, 0.2) is 11.2 Å². The van der Waals surface area contributed by atoms with Gasteiger partial charge in [0.25, 0.3) is 0 Å². The van der Waals surface area contributed by atoms with Crippen LogP contribution >= 0.6 is 0 Å². The number of piperazine rings is 1. The van der Waals surface area contributed by atoms with Crippen molar-refractivity contribution in [2.75, 3.05) is 44.3 Å². The summed E-state index contributed by atoms with van der Waals surface area (Å²) in [5.41, 5.74) is 3.45. The van der Waals surface area contributed by atoms with Crippen LogP contribution in [0.1, 0.15) is 38.8 Å². The second-order valence-corrected chi connectivity index (χ2v) is 9.14. The van der Waals surface area contributed by atoms with Crippen LogP contribution in [0.15, 0.2) is 36.8 Å². The molecule has 9 heteroatoms. The van der Waals surface area contributed by atoms with Gasteiger partial charge >= 0.3 is 6.09 Å². The highest BCUT2D eigenvalue weighted by molar-refractivity contribution is 5.79. The van der Waals surface area contributed by atoms with Crippen LogP contribution in [0.2, 0.25) is 0 Å². The largest absolute Gasteiger partial charge is 0.438 e. The average Bonchev–Trinajstić information content (AvgIpc) is 3.25. The van der Waals surface area contributed by atoms with Gasteiger partial charge in [0, 0.05) is 49.7 Å². The highest BCUT2D eigenvalue weighted by atomic mass is 16.6. The molecule has 9 nitrogen and oxygen atoms in total. The van der Waals surface area contributed by atoms with Crippen molar-refractivity contribution in [2.45, 2.75) is 38.7 Å². The zero-order valence-electron chi connectivity index (χ0n) is 19.4. The summed E-state index contributed by atoms with van der Waals surface area (Å²) in [5.74, 6) is 1.23. The Morgan fingerprint density at radius 1 is 1.21 bits per heavy atom. The Morgan fingerprint density at radius 2 is 2.00 bits per heavy atom. The molecule has 2 saturated heterocycles. The number of pyridine rings is 1. The van der Waals surface area contributed by atoms with Crippen molar-refractivity contribution in [1.82, 2.24) is 24.5 Å². The normalized spacial score (nSPS) is 18.8. The van der Waals surface area contributed by atoms with Crippen molar-refractivity contribution >= 4 is 17.6 Å². The summed E-state index contributed by atoms with van der Waals surface area (Å²) < 4.78 is 12.6. The highest BCUT2D eigenvalue weighted by Gasteiger charge is 2.39. The molecule has 5 rings (SSSR count). The topological polar surface area (TPSA) is 85.1 Å². The first-order chi connectivity index (χ1) is 16.0. The van der Waals surface area contributed by atoms with Crippen molar-refractivity contribution in [2.24, 2.45) is 0 Å². The van der Waals surface area contributed by atoms with E-state index in [0.29, 0.717) is 45.3 Å². The number of carbonyl (C=O) groups excluding carboxylic acids is 1. The number of hydrogen-bond donors (Lipinski definition) is 0. The van der Waals surface area contributed by atoms with Gasteiger partial charge in [0.2, 0.25) is 0 Å². The Morgan fingerprint density at radius 3 is 2.70 bits per heavy atom. The van der Waals surface area contributed by atoms with E-state index in [1.54, 1.807) is 9.42 Å². The van der Waals surface area contributed by atoms with Crippen LogP contribution in [0.4, 0.5) is 10.6 Å². The fraction of sp³-hybridized carbons (Fsp3) is 0.500. The maximum atomic E-state index is 12.5. The molecular weight excluding hydrogens is 420 g/mol. The maximum Gasteiger partial charge on any atom is 0.410 e. The van der Waals surface area contributed by atoms with Gasteiger partial charge in [-0.1, -0.05) is 19.9 Å². The lowest BCUT2D eigenvalue weighted by Crippen LogP contribution is -2.55. The molecule has 3 aromatic heterocycles. The smallest absolute Gasteiger partial charge is 0.410 e. The molecule has 0 radical (unpaired) electrons. The van der Waals surface area contributed by atoms with Gasteiger partial charge < -0.3 is 19.3 Å². The van der Waals surface area contributed by atoms with E-state index in [-0.39, 0.29) is 6.09 Å². The summed E-state index contributed by atoms with van der Waals surface area (Å²) >= 11 is 0. The average molecular weight is 451 g/mol. The Hall–Kier alpha value is -3.20. The van der Waals surface area contributed by atoms with Gasteiger partial charge in [0.05, 0.1) is 25.1 Å². The minimum absolute atomic E-state index is 0.268. The molecule has 2 fully saturated rings. The molecule has 0 saturated carbocycles. The second kappa shape index (κ2) is 8.62. The molecule has 2 aliphatic rings. The molecule has 33 heavy (non-hydrogen) atoms. The molecule has 0 bridgehead atoms. The van der Waals surface area contributed by atoms with E-state index >= 15 is 0 Å². The van der Waals surface area contributed by atoms with Crippen molar-refractivity contribution in [3.63, 3.8) is 0 Å². The first-order valence-corrected chi connectivity index (χ1v) is 11.6. The lowest BCUT2D eigenvalue weighted by molar-refractivity contribution is -0.172. The Balaban J connectivity index is 1.34. The van der Waals surface area contributed by atoms with Crippen molar-refractivity contribution < 1.29 is 14.3 Å². The quantitative estimate of drug-likeness (QED) is 0.589. The van der Waals surface area contributed by atoms with E-state index in [9.17, 15) is 4.79 Å². The van der Waals surface area contributed by atoms with Gasteiger partial charge in [-0.3, -0.25) is 4.98 Å². The molecule has 1 atom stereocenters. The Bertz CT molecular complexity index is 1150. The molecule has 0 aromatic carbocycles. The molecular formula is C24H30N6O3. The maximum absolute atomic E-state index is 12.5. The van der Waals surface area contributed by atoms with E-state index in [1.807, 2.05) is 37.6 Å². The fourth-order valence-corrected chi connectivity index (χ4v) is 4.30. The number of fused-ring (bicyclic) bond motifs is 1. The summed E-state index contributed by atoms with van der Waals surface area (Å²) in [6.45, 7) is 9.77. The van der Waals surface area contributed by atoms with Crippen molar-refractivity contribution in [3.8, 4) is 11.1 Å². The number of amides is 1. The number of nitrogens with zero attached hydrogens (tertiary/aromatic N) is 6. The second-order valence-electron chi connectivity index (χ2n) is 9.14. The van der Waals surface area contributed by atoms with Crippen molar-refractivity contribution in [3.05, 3.63) is 42.5 Å². The summed E-state index contributed by atoms with van der Waals surface area (Å²) in [6.07, 6.45) is 6.40. The Labute approximate surface area is 193 Å². The molecule has 174 valence electrons. The van der Waals surface area contributed by atoms with Crippen LogP contribution in [-0.2, 0) is 9.47 Å².